The molecule has 1 amide bonds. The number of carbonyl (C=O) groups excluding carboxylic acids is 1. The van der Waals surface area contributed by atoms with Crippen molar-refractivity contribution in [2.45, 2.75) is 39.0 Å². The topological polar surface area (TPSA) is 70.2 Å². The van der Waals surface area contributed by atoms with Crippen LogP contribution in [0.1, 0.15) is 49.5 Å². The number of anilines is 3. The second-order valence-electron chi connectivity index (χ2n) is 6.63. The number of unbranched alkanes of at least 4 members (excludes halogenated alkanes) is 1. The van der Waals surface area contributed by atoms with E-state index in [4.69, 9.17) is 0 Å². The molecule has 1 aliphatic heterocycles. The highest BCUT2D eigenvalue weighted by molar-refractivity contribution is 6.02. The maximum absolute atomic E-state index is 12.3. The van der Waals surface area contributed by atoms with E-state index in [9.17, 15) is 4.79 Å². The number of piperidine rings is 1. The van der Waals surface area contributed by atoms with Crippen molar-refractivity contribution in [1.29, 1.82) is 0 Å². The first-order valence-corrected chi connectivity index (χ1v) is 9.50. The van der Waals surface area contributed by atoms with E-state index in [2.05, 4.69) is 44.8 Å². The molecule has 0 unspecified atom stereocenters. The number of rotatable bonds is 7. The summed E-state index contributed by atoms with van der Waals surface area (Å²) in [5.41, 5.74) is 2.29. The predicted molar refractivity (Wildman–Crippen MR) is 106 cm³/mol. The molecule has 0 radical (unpaired) electrons. The summed E-state index contributed by atoms with van der Waals surface area (Å²) >= 11 is 0. The Balaban J connectivity index is 1.55. The van der Waals surface area contributed by atoms with Crippen LogP contribution in [0.2, 0.25) is 0 Å². The van der Waals surface area contributed by atoms with Gasteiger partial charge >= 0.3 is 0 Å². The minimum atomic E-state index is -0.247. The molecule has 6 nitrogen and oxygen atoms in total. The Hall–Kier alpha value is -2.63. The molecule has 2 N–H and O–H groups in total. The van der Waals surface area contributed by atoms with Gasteiger partial charge in [-0.05, 0) is 62.1 Å². The van der Waals surface area contributed by atoms with Crippen molar-refractivity contribution in [1.82, 2.24) is 10.2 Å². The first-order valence-electron chi connectivity index (χ1n) is 9.50. The van der Waals surface area contributed by atoms with E-state index in [1.165, 1.54) is 24.9 Å². The zero-order valence-electron chi connectivity index (χ0n) is 15.4. The van der Waals surface area contributed by atoms with Gasteiger partial charge in [-0.25, -0.2) is 0 Å². The summed E-state index contributed by atoms with van der Waals surface area (Å²) in [7, 11) is 0. The molecule has 1 saturated heterocycles. The van der Waals surface area contributed by atoms with Gasteiger partial charge < -0.3 is 15.5 Å². The fourth-order valence-corrected chi connectivity index (χ4v) is 3.04. The van der Waals surface area contributed by atoms with Gasteiger partial charge in [0.25, 0.3) is 5.91 Å². The van der Waals surface area contributed by atoms with Crippen LogP contribution in [0.25, 0.3) is 0 Å². The second-order valence-corrected chi connectivity index (χ2v) is 6.63. The van der Waals surface area contributed by atoms with Crippen LogP contribution in [-0.4, -0.2) is 35.7 Å². The third-order valence-electron chi connectivity index (χ3n) is 4.58. The standard InChI is InChI=1S/C20H27N5O/c1-2-3-13-21-19-12-11-18(23-24-19)20(26)22-16-7-9-17(10-8-16)25-14-5-4-6-15-25/h7-12H,2-6,13-15H2,1H3,(H,21,24)(H,22,26). The smallest absolute Gasteiger partial charge is 0.276 e. The van der Waals surface area contributed by atoms with Crippen LogP contribution >= 0.6 is 0 Å². The molecule has 1 aromatic carbocycles. The first kappa shape index (κ1) is 18.2. The van der Waals surface area contributed by atoms with Crippen molar-refractivity contribution in [2.24, 2.45) is 0 Å². The van der Waals surface area contributed by atoms with Crippen molar-refractivity contribution in [3.63, 3.8) is 0 Å². The fraction of sp³-hybridized carbons (Fsp3) is 0.450. The summed E-state index contributed by atoms with van der Waals surface area (Å²) in [5.74, 6) is 0.448. The molecule has 3 rings (SSSR count). The van der Waals surface area contributed by atoms with Crippen LogP contribution in [0.4, 0.5) is 17.2 Å². The molecule has 138 valence electrons. The monoisotopic (exact) mass is 353 g/mol. The van der Waals surface area contributed by atoms with E-state index in [1.54, 1.807) is 12.1 Å². The van der Waals surface area contributed by atoms with E-state index >= 15 is 0 Å². The quantitative estimate of drug-likeness (QED) is 0.738. The normalized spacial score (nSPS) is 14.1. The van der Waals surface area contributed by atoms with E-state index in [-0.39, 0.29) is 5.91 Å². The van der Waals surface area contributed by atoms with E-state index in [1.807, 2.05) is 12.1 Å². The minimum Gasteiger partial charge on any atom is -0.372 e. The summed E-state index contributed by atoms with van der Waals surface area (Å²) < 4.78 is 0. The third-order valence-corrected chi connectivity index (χ3v) is 4.58. The van der Waals surface area contributed by atoms with Crippen LogP contribution in [-0.2, 0) is 0 Å². The molecule has 2 heterocycles. The number of benzene rings is 1. The third kappa shape index (κ3) is 4.94. The summed E-state index contributed by atoms with van der Waals surface area (Å²) in [6.45, 7) is 5.22. The highest BCUT2D eigenvalue weighted by Crippen LogP contribution is 2.22. The average molecular weight is 353 g/mol. The molecule has 1 aliphatic rings. The lowest BCUT2D eigenvalue weighted by Gasteiger charge is -2.28. The highest BCUT2D eigenvalue weighted by Gasteiger charge is 2.12. The van der Waals surface area contributed by atoms with E-state index < -0.39 is 0 Å². The van der Waals surface area contributed by atoms with Gasteiger partial charge in [-0.3, -0.25) is 4.79 Å². The van der Waals surface area contributed by atoms with Crippen molar-refractivity contribution in [3.05, 3.63) is 42.1 Å². The Morgan fingerprint density at radius 3 is 2.46 bits per heavy atom. The van der Waals surface area contributed by atoms with Gasteiger partial charge in [-0.2, -0.15) is 0 Å². The summed E-state index contributed by atoms with van der Waals surface area (Å²) in [5, 5.41) is 14.1. The number of carbonyl (C=O) groups is 1. The molecule has 1 aromatic heterocycles. The minimum absolute atomic E-state index is 0.247. The number of nitrogens with one attached hydrogen (secondary N) is 2. The average Bonchev–Trinajstić information content (AvgIpc) is 2.70. The van der Waals surface area contributed by atoms with Crippen molar-refractivity contribution in [3.8, 4) is 0 Å². The number of aromatic nitrogens is 2. The Morgan fingerprint density at radius 1 is 1.04 bits per heavy atom. The molecule has 6 heteroatoms. The Bertz CT molecular complexity index is 693. The summed E-state index contributed by atoms with van der Waals surface area (Å²) in [6, 6.07) is 11.5. The molecule has 2 aromatic rings. The number of hydrogen-bond acceptors (Lipinski definition) is 5. The molecule has 1 fully saturated rings. The summed E-state index contributed by atoms with van der Waals surface area (Å²) in [4.78, 5) is 14.7. The van der Waals surface area contributed by atoms with Gasteiger partial charge in [0.05, 0.1) is 0 Å². The molecule has 0 saturated carbocycles. The molecule has 0 atom stereocenters. The van der Waals surface area contributed by atoms with Gasteiger partial charge in [-0.1, -0.05) is 13.3 Å². The zero-order chi connectivity index (χ0) is 18.2. The Kier molecular flexibility index (Phi) is 6.41. The largest absolute Gasteiger partial charge is 0.372 e. The number of amides is 1. The Labute approximate surface area is 155 Å². The van der Waals surface area contributed by atoms with Crippen molar-refractivity contribution in [2.75, 3.05) is 35.2 Å². The van der Waals surface area contributed by atoms with E-state index in [0.717, 1.165) is 38.2 Å². The van der Waals surface area contributed by atoms with Gasteiger partial charge in [-0.15, -0.1) is 10.2 Å². The maximum atomic E-state index is 12.3. The van der Waals surface area contributed by atoms with Gasteiger partial charge in [0, 0.05) is 31.0 Å². The predicted octanol–water partition coefficient (Wildman–Crippen LogP) is 3.93. The zero-order valence-corrected chi connectivity index (χ0v) is 15.4. The number of nitrogens with zero attached hydrogens (tertiary/aromatic N) is 3. The second kappa shape index (κ2) is 9.17. The van der Waals surface area contributed by atoms with Crippen molar-refractivity contribution < 1.29 is 4.79 Å². The van der Waals surface area contributed by atoms with Crippen molar-refractivity contribution >= 4 is 23.1 Å². The lowest BCUT2D eigenvalue weighted by molar-refractivity contribution is 0.102. The van der Waals surface area contributed by atoms with Crippen LogP contribution in [0.5, 0.6) is 0 Å². The van der Waals surface area contributed by atoms with Crippen LogP contribution < -0.4 is 15.5 Å². The molecule has 0 spiro atoms. The lowest BCUT2D eigenvalue weighted by Crippen LogP contribution is -2.29. The van der Waals surface area contributed by atoms with Gasteiger partial charge in [0.2, 0.25) is 0 Å². The number of hydrogen-bond donors (Lipinski definition) is 2. The molecular weight excluding hydrogens is 326 g/mol. The SMILES string of the molecule is CCCCNc1ccc(C(=O)Nc2ccc(N3CCCCC3)cc2)nn1. The Morgan fingerprint density at radius 2 is 1.81 bits per heavy atom. The van der Waals surface area contributed by atoms with Crippen LogP contribution in [0.15, 0.2) is 36.4 Å². The van der Waals surface area contributed by atoms with Gasteiger partial charge in [0.1, 0.15) is 5.82 Å². The molecule has 26 heavy (non-hydrogen) atoms. The molecule has 0 bridgehead atoms. The summed E-state index contributed by atoms with van der Waals surface area (Å²) in [6.07, 6.45) is 6.02. The van der Waals surface area contributed by atoms with Gasteiger partial charge in [0.15, 0.2) is 5.69 Å². The first-order chi connectivity index (χ1) is 12.8. The fourth-order valence-electron chi connectivity index (χ4n) is 3.04. The molecule has 0 aliphatic carbocycles. The lowest BCUT2D eigenvalue weighted by atomic mass is 10.1. The maximum Gasteiger partial charge on any atom is 0.276 e. The highest BCUT2D eigenvalue weighted by atomic mass is 16.1. The molecular formula is C20H27N5O. The van der Waals surface area contributed by atoms with Crippen LogP contribution in [0.3, 0.4) is 0 Å². The van der Waals surface area contributed by atoms with Crippen LogP contribution in [0, 0.1) is 0 Å². The van der Waals surface area contributed by atoms with E-state index in [0.29, 0.717) is 11.5 Å².